The zero-order valence-electron chi connectivity index (χ0n) is 15.4. The molecule has 1 amide bonds. The fourth-order valence-electron chi connectivity index (χ4n) is 3.13. The van der Waals surface area contributed by atoms with Crippen LogP contribution in [0.1, 0.15) is 20.3 Å². The van der Waals surface area contributed by atoms with Crippen LogP contribution in [0.2, 0.25) is 0 Å². The number of nitrogens with two attached hydrogens (primary N) is 1. The Labute approximate surface area is 153 Å². The summed E-state index contributed by atoms with van der Waals surface area (Å²) in [5, 5.41) is 10.2. The number of benzene rings is 1. The van der Waals surface area contributed by atoms with Gasteiger partial charge in [-0.1, -0.05) is 31.1 Å². The summed E-state index contributed by atoms with van der Waals surface area (Å²) >= 11 is 0. The number of nitrogens with one attached hydrogen (secondary N) is 2. The lowest BCUT2D eigenvalue weighted by molar-refractivity contribution is -0.117. The summed E-state index contributed by atoms with van der Waals surface area (Å²) in [5.41, 5.74) is 9.19. The maximum absolute atomic E-state index is 12.3. The second kappa shape index (κ2) is 8.33. The molecule has 7 nitrogen and oxygen atoms in total. The first kappa shape index (κ1) is 18.4. The Bertz CT molecular complexity index is 720. The highest BCUT2D eigenvalue weighted by Gasteiger charge is 2.19. The van der Waals surface area contributed by atoms with Gasteiger partial charge in [0.2, 0.25) is 5.91 Å². The number of amides is 1. The molecule has 1 fully saturated rings. The molecule has 2 heterocycles. The third-order valence-corrected chi connectivity index (χ3v) is 4.51. The van der Waals surface area contributed by atoms with Crippen molar-refractivity contribution in [3.63, 3.8) is 0 Å². The molecule has 0 radical (unpaired) electrons. The Kier molecular flexibility index (Phi) is 5.90. The van der Waals surface area contributed by atoms with Crippen LogP contribution in [0.4, 0.5) is 11.4 Å². The molecule has 26 heavy (non-hydrogen) atoms. The van der Waals surface area contributed by atoms with E-state index in [9.17, 15) is 4.79 Å². The lowest BCUT2D eigenvalue weighted by atomic mass is 10.0. The molecular weight excluding hydrogens is 330 g/mol. The van der Waals surface area contributed by atoms with Gasteiger partial charge in [-0.3, -0.25) is 4.79 Å². The van der Waals surface area contributed by atoms with E-state index in [-0.39, 0.29) is 5.91 Å². The fourth-order valence-corrected chi connectivity index (χ4v) is 3.13. The van der Waals surface area contributed by atoms with Gasteiger partial charge in [0.1, 0.15) is 17.6 Å². The standard InChI is InChI=1S/C19H27N5O2/c1-13(2)11-16(20)19(25)22-17-12-26-23-18(17)14-3-5-15(6-4-14)24-9-7-21-8-10-24/h3-6,12-13,16,21H,7-11,20H2,1-2H3,(H,22,25)/t16-/m0/s1. The van der Waals surface area contributed by atoms with Crippen LogP contribution in [0.3, 0.4) is 0 Å². The predicted octanol–water partition coefficient (Wildman–Crippen LogP) is 2.06. The molecule has 4 N–H and O–H groups in total. The van der Waals surface area contributed by atoms with Crippen LogP contribution in [-0.2, 0) is 4.79 Å². The average Bonchev–Trinajstić information content (AvgIpc) is 3.10. The molecule has 1 aromatic heterocycles. The second-order valence-corrected chi connectivity index (χ2v) is 7.09. The summed E-state index contributed by atoms with van der Waals surface area (Å²) in [4.78, 5) is 14.6. The highest BCUT2D eigenvalue weighted by molar-refractivity contribution is 5.97. The van der Waals surface area contributed by atoms with Crippen LogP contribution in [0.15, 0.2) is 35.1 Å². The smallest absolute Gasteiger partial charge is 0.241 e. The van der Waals surface area contributed by atoms with Gasteiger partial charge in [-0.2, -0.15) is 0 Å². The number of carbonyl (C=O) groups excluding carboxylic acids is 1. The number of hydrogen-bond acceptors (Lipinski definition) is 6. The Balaban J connectivity index is 1.70. The number of rotatable bonds is 6. The molecular formula is C19H27N5O2. The number of piperazine rings is 1. The van der Waals surface area contributed by atoms with E-state index >= 15 is 0 Å². The maximum Gasteiger partial charge on any atom is 0.241 e. The molecule has 0 spiro atoms. The molecule has 0 saturated carbocycles. The van der Waals surface area contributed by atoms with Crippen molar-refractivity contribution in [3.8, 4) is 11.3 Å². The van der Waals surface area contributed by atoms with Gasteiger partial charge in [0, 0.05) is 37.4 Å². The minimum absolute atomic E-state index is 0.222. The lowest BCUT2D eigenvalue weighted by Gasteiger charge is -2.29. The summed E-state index contributed by atoms with van der Waals surface area (Å²) in [6, 6.07) is 7.60. The Morgan fingerprint density at radius 2 is 2.00 bits per heavy atom. The van der Waals surface area contributed by atoms with Gasteiger partial charge in [-0.25, -0.2) is 0 Å². The van der Waals surface area contributed by atoms with Crippen molar-refractivity contribution in [2.45, 2.75) is 26.3 Å². The van der Waals surface area contributed by atoms with E-state index < -0.39 is 6.04 Å². The largest absolute Gasteiger partial charge is 0.369 e. The third-order valence-electron chi connectivity index (χ3n) is 4.51. The van der Waals surface area contributed by atoms with Crippen LogP contribution in [0, 0.1) is 5.92 Å². The van der Waals surface area contributed by atoms with Crippen molar-refractivity contribution in [1.29, 1.82) is 0 Å². The van der Waals surface area contributed by atoms with Crippen molar-refractivity contribution in [2.24, 2.45) is 11.7 Å². The molecule has 1 saturated heterocycles. The van der Waals surface area contributed by atoms with Crippen molar-refractivity contribution in [1.82, 2.24) is 10.5 Å². The molecule has 3 rings (SSSR count). The Morgan fingerprint density at radius 1 is 1.31 bits per heavy atom. The monoisotopic (exact) mass is 357 g/mol. The zero-order chi connectivity index (χ0) is 18.5. The van der Waals surface area contributed by atoms with E-state index in [2.05, 4.69) is 32.8 Å². The predicted molar refractivity (Wildman–Crippen MR) is 103 cm³/mol. The van der Waals surface area contributed by atoms with Gasteiger partial charge in [-0.05, 0) is 24.5 Å². The number of anilines is 2. The molecule has 0 aliphatic carbocycles. The Morgan fingerprint density at radius 3 is 2.65 bits per heavy atom. The van der Waals surface area contributed by atoms with Gasteiger partial charge in [0.15, 0.2) is 0 Å². The van der Waals surface area contributed by atoms with E-state index in [0.29, 0.717) is 23.7 Å². The summed E-state index contributed by atoms with van der Waals surface area (Å²) < 4.78 is 5.08. The minimum Gasteiger partial charge on any atom is -0.369 e. The fraction of sp³-hybridized carbons (Fsp3) is 0.474. The van der Waals surface area contributed by atoms with Crippen molar-refractivity contribution in [2.75, 3.05) is 36.4 Å². The van der Waals surface area contributed by atoms with Crippen LogP contribution < -0.4 is 21.3 Å². The Hall–Kier alpha value is -2.38. The molecule has 1 aliphatic heterocycles. The number of aromatic nitrogens is 1. The number of nitrogens with zero attached hydrogens (tertiary/aromatic N) is 2. The first-order valence-electron chi connectivity index (χ1n) is 9.11. The first-order valence-corrected chi connectivity index (χ1v) is 9.11. The maximum atomic E-state index is 12.3. The second-order valence-electron chi connectivity index (χ2n) is 7.09. The van der Waals surface area contributed by atoms with Gasteiger partial charge < -0.3 is 25.8 Å². The topological polar surface area (TPSA) is 96.4 Å². The van der Waals surface area contributed by atoms with E-state index in [1.54, 1.807) is 0 Å². The normalized spacial score (nSPS) is 15.9. The van der Waals surface area contributed by atoms with Gasteiger partial charge >= 0.3 is 0 Å². The van der Waals surface area contributed by atoms with Crippen molar-refractivity contribution in [3.05, 3.63) is 30.5 Å². The van der Waals surface area contributed by atoms with Gasteiger partial charge in [-0.15, -0.1) is 0 Å². The SMILES string of the molecule is CC(C)C[C@H](N)C(=O)Nc1conc1-c1ccc(N2CCNCC2)cc1. The zero-order valence-corrected chi connectivity index (χ0v) is 15.4. The average molecular weight is 357 g/mol. The van der Waals surface area contributed by atoms with Gasteiger partial charge in [0.25, 0.3) is 0 Å². The number of hydrogen-bond donors (Lipinski definition) is 3. The number of carbonyl (C=O) groups is 1. The molecule has 140 valence electrons. The van der Waals surface area contributed by atoms with Crippen LogP contribution in [0.5, 0.6) is 0 Å². The van der Waals surface area contributed by atoms with Crippen LogP contribution >= 0.6 is 0 Å². The quantitative estimate of drug-likeness (QED) is 0.732. The highest BCUT2D eigenvalue weighted by atomic mass is 16.5. The molecule has 0 unspecified atom stereocenters. The first-order chi connectivity index (χ1) is 12.5. The molecule has 1 aromatic carbocycles. The lowest BCUT2D eigenvalue weighted by Crippen LogP contribution is -2.43. The summed E-state index contributed by atoms with van der Waals surface area (Å²) in [7, 11) is 0. The van der Waals surface area contributed by atoms with Crippen molar-refractivity contribution >= 4 is 17.3 Å². The highest BCUT2D eigenvalue weighted by Crippen LogP contribution is 2.28. The summed E-state index contributed by atoms with van der Waals surface area (Å²) in [6.07, 6.45) is 2.07. The molecule has 1 aliphatic rings. The van der Waals surface area contributed by atoms with E-state index in [4.69, 9.17) is 10.3 Å². The van der Waals surface area contributed by atoms with Gasteiger partial charge in [0.05, 0.1) is 6.04 Å². The molecule has 7 heteroatoms. The van der Waals surface area contributed by atoms with Crippen LogP contribution in [-0.4, -0.2) is 43.3 Å². The molecule has 2 aromatic rings. The third kappa shape index (κ3) is 4.42. The van der Waals surface area contributed by atoms with E-state index in [0.717, 1.165) is 31.7 Å². The minimum atomic E-state index is -0.548. The van der Waals surface area contributed by atoms with E-state index in [1.807, 2.05) is 26.0 Å². The molecule has 0 bridgehead atoms. The summed E-state index contributed by atoms with van der Waals surface area (Å²) in [6.45, 7) is 8.07. The summed E-state index contributed by atoms with van der Waals surface area (Å²) in [5.74, 6) is 0.135. The molecule has 1 atom stereocenters. The van der Waals surface area contributed by atoms with E-state index in [1.165, 1.54) is 12.0 Å². The van der Waals surface area contributed by atoms with Crippen LogP contribution in [0.25, 0.3) is 11.3 Å². The van der Waals surface area contributed by atoms with Crippen molar-refractivity contribution < 1.29 is 9.32 Å².